The first-order valence-electron chi connectivity index (χ1n) is 19.4. The van der Waals surface area contributed by atoms with E-state index in [1.807, 2.05) is 140 Å². The number of aryl methyl sites for hydroxylation is 1. The van der Waals surface area contributed by atoms with Crippen molar-refractivity contribution in [1.29, 1.82) is 0 Å². The number of H-pyrrole nitrogens is 1. The van der Waals surface area contributed by atoms with Gasteiger partial charge in [-0.05, 0) is 89.9 Å². The molecule has 0 saturated heterocycles. The van der Waals surface area contributed by atoms with Crippen molar-refractivity contribution >= 4 is 56.4 Å². The van der Waals surface area contributed by atoms with E-state index in [1.54, 1.807) is 28.9 Å². The highest BCUT2D eigenvalue weighted by atomic mass is 32.2. The number of nitrogens with one attached hydrogen (secondary N) is 2. The van der Waals surface area contributed by atoms with Gasteiger partial charge in [-0.3, -0.25) is 0 Å². The van der Waals surface area contributed by atoms with E-state index in [9.17, 15) is 8.42 Å². The Morgan fingerprint density at radius 2 is 0.797 bits per heavy atom. The molecule has 5 aromatic carbocycles. The Kier molecular flexibility index (Phi) is 8.96. The molecule has 2 aliphatic rings. The van der Waals surface area contributed by atoms with E-state index in [2.05, 4.69) is 46.2 Å². The zero-order valence-electron chi connectivity index (χ0n) is 32.0. The molecule has 5 heterocycles. The van der Waals surface area contributed by atoms with E-state index in [4.69, 9.17) is 9.97 Å². The van der Waals surface area contributed by atoms with Crippen LogP contribution in [-0.4, -0.2) is 28.0 Å². The van der Waals surface area contributed by atoms with Crippen LogP contribution in [0.4, 0.5) is 0 Å². The van der Waals surface area contributed by atoms with Gasteiger partial charge >= 0.3 is 0 Å². The molecule has 0 atom stereocenters. The Morgan fingerprint density at radius 3 is 1.19 bits per heavy atom. The van der Waals surface area contributed by atoms with E-state index in [1.165, 1.54) is 0 Å². The minimum Gasteiger partial charge on any atom is -0.354 e. The molecule has 8 heteroatoms. The standard InChI is InChI=1S/C51H37N5O2S/c1-34-22-24-39(25-23-34)59(57,58)55-56-46-32-33-47(56)51(38-20-12-5-13-21-38)45-31-29-43(54-45)49(36-16-8-3-9-17-36)41-27-26-40(52-41)48(35-14-6-2-7-15-35)42-28-30-44(53-42)50(46)37-18-10-4-11-19-37/h2-33,52,55H,1H3. The topological polar surface area (TPSA) is 92.7 Å². The molecule has 0 radical (unpaired) electrons. The first kappa shape index (κ1) is 35.8. The highest BCUT2D eigenvalue weighted by Crippen LogP contribution is 2.39. The van der Waals surface area contributed by atoms with E-state index < -0.39 is 10.0 Å². The predicted molar refractivity (Wildman–Crippen MR) is 242 cm³/mol. The lowest BCUT2D eigenvalue weighted by molar-refractivity contribution is 0.596. The lowest BCUT2D eigenvalue weighted by Gasteiger charge is -2.16. The minimum atomic E-state index is -4.12. The number of hydrogen-bond acceptors (Lipinski definition) is 4. The van der Waals surface area contributed by atoms with Crippen LogP contribution in [0.15, 0.2) is 175 Å². The number of aromatic nitrogens is 4. The molecule has 2 N–H and O–H groups in total. The van der Waals surface area contributed by atoms with Crippen molar-refractivity contribution in [2.24, 2.45) is 0 Å². The molecule has 7 nitrogen and oxygen atoms in total. The van der Waals surface area contributed by atoms with E-state index in [0.29, 0.717) is 22.4 Å². The molecule has 59 heavy (non-hydrogen) atoms. The summed E-state index contributed by atoms with van der Waals surface area (Å²) in [6.45, 7) is 1.94. The SMILES string of the molecule is Cc1ccc(S(=O)(=O)Nn2c3ccc2c(-c2ccccc2)c2nc(c(-c4ccccc4)c4ccc([nH]4)c(-c4ccccc4)c4nc(c3-c3ccccc3)C=C4)C=C2)cc1. The molecule has 2 aliphatic heterocycles. The maximum absolute atomic E-state index is 14.5. The van der Waals surface area contributed by atoms with Crippen molar-refractivity contribution in [3.05, 3.63) is 198 Å². The maximum Gasteiger partial charge on any atom is 0.275 e. The largest absolute Gasteiger partial charge is 0.354 e. The van der Waals surface area contributed by atoms with Gasteiger partial charge in [0, 0.05) is 33.3 Å². The normalized spacial score (nSPS) is 12.2. The van der Waals surface area contributed by atoms with E-state index >= 15 is 0 Å². The van der Waals surface area contributed by atoms with E-state index in [-0.39, 0.29) is 4.90 Å². The van der Waals surface area contributed by atoms with Crippen molar-refractivity contribution < 1.29 is 8.42 Å². The molecule has 10 rings (SSSR count). The van der Waals surface area contributed by atoms with Crippen LogP contribution >= 0.6 is 0 Å². The third-order valence-electron chi connectivity index (χ3n) is 10.7. The fourth-order valence-electron chi connectivity index (χ4n) is 7.94. The molecule has 3 aromatic heterocycles. The summed E-state index contributed by atoms with van der Waals surface area (Å²) in [6.07, 6.45) is 8.11. The highest BCUT2D eigenvalue weighted by molar-refractivity contribution is 7.92. The summed E-state index contributed by atoms with van der Waals surface area (Å²) in [6, 6.07) is 55.5. The lowest BCUT2D eigenvalue weighted by atomic mass is 10.0. The number of fused-ring (bicyclic) bond motifs is 8. The Labute approximate surface area is 342 Å². The lowest BCUT2D eigenvalue weighted by Crippen LogP contribution is -2.23. The van der Waals surface area contributed by atoms with Gasteiger partial charge in [-0.1, -0.05) is 139 Å². The van der Waals surface area contributed by atoms with Gasteiger partial charge in [0.2, 0.25) is 0 Å². The van der Waals surface area contributed by atoms with Crippen LogP contribution in [0.25, 0.3) is 90.9 Å². The second kappa shape index (κ2) is 14.8. The van der Waals surface area contributed by atoms with Crippen LogP contribution in [0.2, 0.25) is 0 Å². The summed E-state index contributed by atoms with van der Waals surface area (Å²) in [4.78, 5) is 17.7. The van der Waals surface area contributed by atoms with Gasteiger partial charge in [0.25, 0.3) is 10.0 Å². The fraction of sp³-hybridized carbons (Fsp3) is 0.0196. The maximum atomic E-state index is 14.5. The molecule has 8 bridgehead atoms. The summed E-state index contributed by atoms with van der Waals surface area (Å²) < 4.78 is 30.7. The molecule has 8 aromatic rings. The summed E-state index contributed by atoms with van der Waals surface area (Å²) in [5.74, 6) is 0. The Bertz CT molecular complexity index is 3050. The van der Waals surface area contributed by atoms with Crippen molar-refractivity contribution in [2.75, 3.05) is 4.83 Å². The summed E-state index contributed by atoms with van der Waals surface area (Å²) in [5, 5.41) is 0. The van der Waals surface area contributed by atoms with Gasteiger partial charge in [0.15, 0.2) is 0 Å². The van der Waals surface area contributed by atoms with Crippen molar-refractivity contribution in [2.45, 2.75) is 11.8 Å². The van der Waals surface area contributed by atoms with Gasteiger partial charge in [0.1, 0.15) is 0 Å². The highest BCUT2D eigenvalue weighted by Gasteiger charge is 2.23. The molecule has 0 unspecified atom stereocenters. The van der Waals surface area contributed by atoms with Crippen molar-refractivity contribution in [1.82, 2.24) is 19.6 Å². The molecule has 0 spiro atoms. The van der Waals surface area contributed by atoms with Crippen LogP contribution in [0, 0.1) is 6.92 Å². The van der Waals surface area contributed by atoms with Crippen molar-refractivity contribution in [3.63, 3.8) is 0 Å². The molecule has 0 aliphatic carbocycles. The van der Waals surface area contributed by atoms with Crippen LogP contribution < -0.4 is 4.83 Å². The van der Waals surface area contributed by atoms with Gasteiger partial charge < -0.3 is 4.98 Å². The molecule has 284 valence electrons. The summed E-state index contributed by atoms with van der Waals surface area (Å²) in [7, 11) is -4.12. The van der Waals surface area contributed by atoms with Crippen LogP contribution in [0.5, 0.6) is 0 Å². The number of aromatic amines is 1. The third kappa shape index (κ3) is 6.65. The second-order valence-electron chi connectivity index (χ2n) is 14.5. The monoisotopic (exact) mass is 783 g/mol. The first-order valence-corrected chi connectivity index (χ1v) is 20.9. The minimum absolute atomic E-state index is 0.148. The molecule has 0 fully saturated rings. The van der Waals surface area contributed by atoms with Gasteiger partial charge in [-0.2, -0.15) is 8.42 Å². The number of sulfonamides is 1. The van der Waals surface area contributed by atoms with Gasteiger partial charge in [0.05, 0.1) is 38.7 Å². The smallest absolute Gasteiger partial charge is 0.275 e. The second-order valence-corrected chi connectivity index (χ2v) is 16.2. The zero-order valence-corrected chi connectivity index (χ0v) is 32.9. The van der Waals surface area contributed by atoms with Crippen LogP contribution in [0.3, 0.4) is 0 Å². The third-order valence-corrected chi connectivity index (χ3v) is 12.0. The number of rotatable bonds is 7. The van der Waals surface area contributed by atoms with Gasteiger partial charge in [-0.15, -0.1) is 0 Å². The predicted octanol–water partition coefficient (Wildman–Crippen LogP) is 12.0. The van der Waals surface area contributed by atoms with Crippen LogP contribution in [0.1, 0.15) is 28.3 Å². The Hall–Kier alpha value is -7.55. The van der Waals surface area contributed by atoms with Crippen molar-refractivity contribution in [3.8, 4) is 44.5 Å². The van der Waals surface area contributed by atoms with E-state index in [0.717, 1.165) is 72.5 Å². The molecule has 0 amide bonds. The van der Waals surface area contributed by atoms with Gasteiger partial charge in [-0.25, -0.2) is 19.5 Å². The summed E-state index contributed by atoms with van der Waals surface area (Å²) >= 11 is 0. The number of benzene rings is 5. The Morgan fingerprint density at radius 1 is 0.441 bits per heavy atom. The molecular weight excluding hydrogens is 747 g/mol. The average molecular weight is 784 g/mol. The number of hydrogen-bond donors (Lipinski definition) is 2. The fourth-order valence-corrected chi connectivity index (χ4v) is 8.98. The first-order chi connectivity index (χ1) is 28.9. The average Bonchev–Trinajstić information content (AvgIpc) is 4.11. The Balaban J connectivity index is 1.42. The molecule has 0 saturated carbocycles. The quantitative estimate of drug-likeness (QED) is 0.168. The number of nitrogens with zero attached hydrogens (tertiary/aromatic N) is 3. The zero-order chi connectivity index (χ0) is 39.9. The molecular formula is C51H37N5O2S. The van der Waals surface area contributed by atoms with Crippen LogP contribution in [-0.2, 0) is 10.0 Å². The summed E-state index contributed by atoms with van der Waals surface area (Å²) in [5.41, 5.74) is 14.0.